The van der Waals surface area contributed by atoms with E-state index in [4.69, 9.17) is 10.5 Å². The molecular formula is C11H19N3O3S. The second-order valence-corrected chi connectivity index (χ2v) is 6.87. The molecule has 1 aromatic heterocycles. The maximum Gasteiger partial charge on any atom is 0.245 e. The number of nitrogens with zero attached hydrogens (tertiary/aromatic N) is 1. The first-order valence-corrected chi connectivity index (χ1v) is 7.30. The molecule has 0 unspecified atom stereocenters. The van der Waals surface area contributed by atoms with Crippen LogP contribution in [0.2, 0.25) is 0 Å². The smallest absolute Gasteiger partial charge is 0.245 e. The zero-order valence-corrected chi connectivity index (χ0v) is 11.5. The highest BCUT2D eigenvalue weighted by atomic mass is 32.2. The summed E-state index contributed by atoms with van der Waals surface area (Å²) >= 11 is 0. The third kappa shape index (κ3) is 2.31. The van der Waals surface area contributed by atoms with Gasteiger partial charge in [-0.2, -0.15) is 4.31 Å². The summed E-state index contributed by atoms with van der Waals surface area (Å²) in [5.41, 5.74) is 5.66. The van der Waals surface area contributed by atoms with Gasteiger partial charge in [0.1, 0.15) is 0 Å². The van der Waals surface area contributed by atoms with Gasteiger partial charge in [-0.15, -0.1) is 0 Å². The largest absolute Gasteiger partial charge is 0.378 e. The monoisotopic (exact) mass is 273 g/mol. The lowest BCUT2D eigenvalue weighted by Crippen LogP contribution is -2.55. The van der Waals surface area contributed by atoms with Gasteiger partial charge in [0.25, 0.3) is 0 Å². The molecule has 0 aromatic carbocycles. The molecule has 1 aliphatic rings. The molecule has 0 spiro atoms. The molecule has 0 atom stereocenters. The quantitative estimate of drug-likeness (QED) is 0.827. The zero-order valence-electron chi connectivity index (χ0n) is 10.6. The van der Waals surface area contributed by atoms with Crippen molar-refractivity contribution in [1.29, 1.82) is 0 Å². The molecule has 1 aliphatic heterocycles. The van der Waals surface area contributed by atoms with Gasteiger partial charge >= 0.3 is 0 Å². The summed E-state index contributed by atoms with van der Waals surface area (Å²) in [5.74, 6) is 0. The standard InChI is InChI=1S/C11H19N3O3S/c1-11(2)8-17-4-3-14(11)18(15,16)10-5-9(6-12)13-7-10/h5,7,13H,3-4,6,8,12H2,1-2H3. The second-order valence-electron chi connectivity index (χ2n) is 5.01. The number of morpholine rings is 1. The molecule has 0 saturated carbocycles. The van der Waals surface area contributed by atoms with Crippen LogP contribution >= 0.6 is 0 Å². The molecule has 1 fully saturated rings. The van der Waals surface area contributed by atoms with Crippen molar-refractivity contribution >= 4 is 10.0 Å². The van der Waals surface area contributed by atoms with Crippen molar-refractivity contribution in [3.05, 3.63) is 18.0 Å². The first kappa shape index (κ1) is 13.5. The average molecular weight is 273 g/mol. The van der Waals surface area contributed by atoms with E-state index in [1.165, 1.54) is 10.5 Å². The first-order valence-electron chi connectivity index (χ1n) is 5.86. The third-order valence-electron chi connectivity index (χ3n) is 3.09. The molecule has 0 aliphatic carbocycles. The van der Waals surface area contributed by atoms with Crippen molar-refractivity contribution in [2.24, 2.45) is 5.73 Å². The van der Waals surface area contributed by atoms with Gasteiger partial charge in [0.2, 0.25) is 10.0 Å². The predicted molar refractivity (Wildman–Crippen MR) is 67.5 cm³/mol. The lowest BCUT2D eigenvalue weighted by atomic mass is 10.1. The van der Waals surface area contributed by atoms with Crippen molar-refractivity contribution in [2.75, 3.05) is 19.8 Å². The van der Waals surface area contributed by atoms with E-state index in [1.807, 2.05) is 13.8 Å². The Bertz CT molecular complexity index is 521. The van der Waals surface area contributed by atoms with Crippen LogP contribution in [-0.2, 0) is 21.3 Å². The van der Waals surface area contributed by atoms with E-state index in [1.54, 1.807) is 6.07 Å². The van der Waals surface area contributed by atoms with Crippen LogP contribution in [-0.4, -0.2) is 43.0 Å². The van der Waals surface area contributed by atoms with E-state index in [9.17, 15) is 8.42 Å². The van der Waals surface area contributed by atoms with Crippen molar-refractivity contribution in [1.82, 2.24) is 9.29 Å². The molecular weight excluding hydrogens is 254 g/mol. The van der Waals surface area contributed by atoms with Crippen LogP contribution in [0, 0.1) is 0 Å². The fourth-order valence-electron chi connectivity index (χ4n) is 2.10. The van der Waals surface area contributed by atoms with Gasteiger partial charge in [-0.3, -0.25) is 0 Å². The van der Waals surface area contributed by atoms with Gasteiger partial charge in [-0.1, -0.05) is 0 Å². The Kier molecular flexibility index (Phi) is 3.50. The minimum absolute atomic E-state index is 0.262. The van der Waals surface area contributed by atoms with E-state index < -0.39 is 15.6 Å². The van der Waals surface area contributed by atoms with Crippen molar-refractivity contribution < 1.29 is 13.2 Å². The Morgan fingerprint density at radius 1 is 1.56 bits per heavy atom. The topological polar surface area (TPSA) is 88.4 Å². The third-order valence-corrected chi connectivity index (χ3v) is 5.18. The van der Waals surface area contributed by atoms with Gasteiger partial charge in [-0.05, 0) is 19.9 Å². The number of aromatic nitrogens is 1. The molecule has 3 N–H and O–H groups in total. The number of sulfonamides is 1. The molecule has 7 heteroatoms. The van der Waals surface area contributed by atoms with E-state index in [0.717, 1.165) is 0 Å². The number of ether oxygens (including phenoxy) is 1. The van der Waals surface area contributed by atoms with Crippen molar-refractivity contribution in [3.63, 3.8) is 0 Å². The van der Waals surface area contributed by atoms with Crippen LogP contribution in [0.1, 0.15) is 19.5 Å². The van der Waals surface area contributed by atoms with Crippen molar-refractivity contribution in [2.45, 2.75) is 30.8 Å². The summed E-state index contributed by atoms with van der Waals surface area (Å²) in [7, 11) is -3.49. The molecule has 102 valence electrons. The fourth-order valence-corrected chi connectivity index (χ4v) is 3.87. The Labute approximate surface area is 107 Å². The van der Waals surface area contributed by atoms with Crippen LogP contribution in [0.15, 0.2) is 17.2 Å². The molecule has 6 nitrogen and oxygen atoms in total. The molecule has 1 saturated heterocycles. The number of nitrogens with one attached hydrogen (secondary N) is 1. The summed E-state index contributed by atoms with van der Waals surface area (Å²) in [6, 6.07) is 1.58. The summed E-state index contributed by atoms with van der Waals surface area (Å²) in [5, 5.41) is 0. The summed E-state index contributed by atoms with van der Waals surface area (Å²) in [4.78, 5) is 3.13. The highest BCUT2D eigenvalue weighted by Gasteiger charge is 2.40. The number of aromatic amines is 1. The van der Waals surface area contributed by atoms with Gasteiger partial charge in [0, 0.05) is 25.0 Å². The molecule has 2 heterocycles. The minimum Gasteiger partial charge on any atom is -0.378 e. The van der Waals surface area contributed by atoms with Crippen LogP contribution in [0.25, 0.3) is 0 Å². The van der Waals surface area contributed by atoms with E-state index >= 15 is 0 Å². The Hall–Kier alpha value is -0.890. The Morgan fingerprint density at radius 3 is 2.83 bits per heavy atom. The van der Waals surface area contributed by atoms with Gasteiger partial charge in [-0.25, -0.2) is 8.42 Å². The van der Waals surface area contributed by atoms with Crippen LogP contribution in [0.3, 0.4) is 0 Å². The van der Waals surface area contributed by atoms with Crippen LogP contribution in [0.5, 0.6) is 0 Å². The van der Waals surface area contributed by atoms with Crippen molar-refractivity contribution in [3.8, 4) is 0 Å². The Morgan fingerprint density at radius 2 is 2.28 bits per heavy atom. The second kappa shape index (κ2) is 4.65. The highest BCUT2D eigenvalue weighted by molar-refractivity contribution is 7.89. The molecule has 0 amide bonds. The number of rotatable bonds is 3. The van der Waals surface area contributed by atoms with E-state index in [0.29, 0.717) is 32.0 Å². The van der Waals surface area contributed by atoms with Gasteiger partial charge in [0.05, 0.1) is 23.6 Å². The normalized spacial score (nSPS) is 21.1. The Balaban J connectivity index is 2.35. The summed E-state index contributed by atoms with van der Waals surface area (Å²) in [6.45, 7) is 5.22. The highest BCUT2D eigenvalue weighted by Crippen LogP contribution is 2.27. The number of hydrogen-bond donors (Lipinski definition) is 2. The molecule has 0 bridgehead atoms. The summed E-state index contributed by atoms with van der Waals surface area (Å²) in [6.07, 6.45) is 1.49. The fraction of sp³-hybridized carbons (Fsp3) is 0.636. The van der Waals surface area contributed by atoms with Gasteiger partial charge < -0.3 is 15.5 Å². The molecule has 1 aromatic rings. The molecule has 2 rings (SSSR count). The predicted octanol–water partition coefficient (Wildman–Crippen LogP) is 0.273. The van der Waals surface area contributed by atoms with Crippen LogP contribution in [0.4, 0.5) is 0 Å². The minimum atomic E-state index is -3.49. The molecule has 0 radical (unpaired) electrons. The maximum absolute atomic E-state index is 12.5. The zero-order chi connectivity index (χ0) is 13.4. The van der Waals surface area contributed by atoms with Gasteiger partial charge in [0.15, 0.2) is 0 Å². The SMILES string of the molecule is CC1(C)COCCN1S(=O)(=O)c1c[nH]c(CN)c1. The number of H-pyrrole nitrogens is 1. The van der Waals surface area contributed by atoms with E-state index in [-0.39, 0.29) is 4.90 Å². The number of hydrogen-bond acceptors (Lipinski definition) is 4. The lowest BCUT2D eigenvalue weighted by molar-refractivity contribution is -0.00770. The maximum atomic E-state index is 12.5. The summed E-state index contributed by atoms with van der Waals surface area (Å²) < 4.78 is 31.9. The number of nitrogens with two attached hydrogens (primary N) is 1. The average Bonchev–Trinajstić information content (AvgIpc) is 2.77. The lowest BCUT2D eigenvalue weighted by Gasteiger charge is -2.40. The first-order chi connectivity index (χ1) is 8.38. The van der Waals surface area contributed by atoms with E-state index in [2.05, 4.69) is 4.98 Å². The van der Waals surface area contributed by atoms with Crippen LogP contribution < -0.4 is 5.73 Å². The molecule has 18 heavy (non-hydrogen) atoms.